The lowest BCUT2D eigenvalue weighted by molar-refractivity contribution is -0.293. The molecule has 9 aliphatic heterocycles. The summed E-state index contributed by atoms with van der Waals surface area (Å²) in [4.78, 5) is 0. The highest BCUT2D eigenvalue weighted by Crippen LogP contribution is 2.41. The van der Waals surface area contributed by atoms with Gasteiger partial charge in [-0.1, -0.05) is 0 Å². The fraction of sp³-hybridized carbons (Fsp3) is 1.00. The third-order valence-corrected chi connectivity index (χ3v) is 25.5. The molecular formula is C72H141F3N18O34. The Bertz CT molecular complexity index is 3110. The van der Waals surface area contributed by atoms with Crippen LogP contribution < -0.4 is 103 Å². The quantitative estimate of drug-likeness (QED) is 0.0318. The van der Waals surface area contributed by atoms with Crippen LogP contribution in [0.3, 0.4) is 0 Å². The number of alkyl halides is 3. The summed E-state index contributed by atoms with van der Waals surface area (Å²) >= 11 is 0. The van der Waals surface area contributed by atoms with E-state index in [-0.39, 0.29) is 58.3 Å². The SMILES string of the molecule is NCC(O)C1CCC(N)C(OC2C(N)CC(N)C(O)C2OC2OC(CO)C(OC3OC(CN)C(O)C(O)C3N)C2O)O1.NCC1OC(OC2C(CO)OC(OC3C(O)C(N)CC(N)C3OC3OC(C(N)C(F)F)CCC3N)C2O)C(N)C(O)C1O.NCC1OC(OC2C(CO)OC(OC3C(O)C(N)CC(N)C3OC3OC(C(N)CF)CCC3N)C2O)C(N)C(O)C1O. The van der Waals surface area contributed by atoms with Crippen LogP contribution in [0.5, 0.6) is 0 Å². The summed E-state index contributed by atoms with van der Waals surface area (Å²) in [6.07, 6.45) is -50.0. The van der Waals surface area contributed by atoms with E-state index in [4.69, 9.17) is 188 Å². The van der Waals surface area contributed by atoms with Gasteiger partial charge in [-0.25, -0.2) is 13.2 Å². The number of nitrogens with two attached hydrogens (primary N) is 18. The molecule has 52 N–H and O–H groups in total. The number of ether oxygens (including phenoxy) is 18. The molecule has 0 radical (unpaired) electrons. The number of hydrogen-bond donors (Lipinski definition) is 34. The van der Waals surface area contributed by atoms with Crippen LogP contribution in [0.25, 0.3) is 0 Å². The molecule has 55 heteroatoms. The van der Waals surface area contributed by atoms with E-state index in [1.807, 2.05) is 0 Å². The summed E-state index contributed by atoms with van der Waals surface area (Å²) in [6.45, 7) is -3.19. The molecule has 0 aromatic rings. The van der Waals surface area contributed by atoms with Gasteiger partial charge in [-0.2, -0.15) is 0 Å². The summed E-state index contributed by atoms with van der Waals surface area (Å²) in [5.41, 5.74) is 108. The molecule has 127 heavy (non-hydrogen) atoms. The first-order chi connectivity index (χ1) is 60.1. The fourth-order valence-corrected chi connectivity index (χ4v) is 17.6. The van der Waals surface area contributed by atoms with Crippen molar-refractivity contribution in [2.24, 2.45) is 103 Å². The topological polar surface area (TPSA) is 958 Å². The molecule has 12 fully saturated rings. The largest absolute Gasteiger partial charge is 0.394 e. The third kappa shape index (κ3) is 24.6. The molecule has 12 rings (SSSR count). The van der Waals surface area contributed by atoms with Crippen molar-refractivity contribution in [2.45, 2.75) is 395 Å². The Balaban J connectivity index is 0.000000199. The third-order valence-electron chi connectivity index (χ3n) is 25.5. The van der Waals surface area contributed by atoms with Crippen LogP contribution in [0.2, 0.25) is 0 Å². The van der Waals surface area contributed by atoms with Crippen molar-refractivity contribution in [1.82, 2.24) is 0 Å². The molecule has 54 unspecified atom stereocenters. The van der Waals surface area contributed by atoms with Crippen LogP contribution in [0.1, 0.15) is 57.8 Å². The van der Waals surface area contributed by atoms with Crippen molar-refractivity contribution < 1.29 is 180 Å². The summed E-state index contributed by atoms with van der Waals surface area (Å²) < 4.78 is 145. The molecular weight excluding hydrogens is 1720 g/mol. The van der Waals surface area contributed by atoms with E-state index >= 15 is 0 Å². The lowest BCUT2D eigenvalue weighted by atomic mass is 9.84. The summed E-state index contributed by atoms with van der Waals surface area (Å²) in [5, 5.41) is 168. The lowest BCUT2D eigenvalue weighted by Gasteiger charge is -2.46. The second kappa shape index (κ2) is 47.7. The highest BCUT2D eigenvalue weighted by atomic mass is 19.3. The van der Waals surface area contributed by atoms with E-state index in [0.717, 1.165) is 0 Å². The monoisotopic (exact) mass is 1860 g/mol. The van der Waals surface area contributed by atoms with E-state index in [1.54, 1.807) is 0 Å². The summed E-state index contributed by atoms with van der Waals surface area (Å²) in [7, 11) is 0. The number of aliphatic hydroxyl groups is 16. The van der Waals surface area contributed by atoms with Gasteiger partial charge in [0.1, 0.15) is 153 Å². The Morgan fingerprint density at radius 1 is 0.283 bits per heavy atom. The molecule has 0 aromatic carbocycles. The number of rotatable bonds is 30. The molecule has 3 saturated carbocycles. The molecule has 0 bridgehead atoms. The van der Waals surface area contributed by atoms with E-state index in [0.29, 0.717) is 25.7 Å². The smallest absolute Gasteiger partial charge is 0.256 e. The van der Waals surface area contributed by atoms with Crippen molar-refractivity contribution in [2.75, 3.05) is 52.7 Å². The molecule has 9 saturated heterocycles. The second-order valence-corrected chi connectivity index (χ2v) is 34.6. The van der Waals surface area contributed by atoms with Gasteiger partial charge in [-0.3, -0.25) is 0 Å². The Morgan fingerprint density at radius 2 is 0.543 bits per heavy atom. The zero-order chi connectivity index (χ0) is 93.5. The van der Waals surface area contributed by atoms with Gasteiger partial charge < -0.3 is 270 Å². The van der Waals surface area contributed by atoms with Crippen molar-refractivity contribution in [1.29, 1.82) is 0 Å². The van der Waals surface area contributed by atoms with Crippen LogP contribution >= 0.6 is 0 Å². The Labute approximate surface area is 728 Å². The van der Waals surface area contributed by atoms with E-state index in [9.17, 15) is 94.9 Å². The molecule has 3 aliphatic carbocycles. The minimum absolute atomic E-state index is 0.0236. The summed E-state index contributed by atoms with van der Waals surface area (Å²) in [6, 6.07) is -13.0. The van der Waals surface area contributed by atoms with Crippen molar-refractivity contribution in [3.8, 4) is 0 Å². The van der Waals surface area contributed by atoms with Gasteiger partial charge in [0.15, 0.2) is 56.6 Å². The van der Waals surface area contributed by atoms with Gasteiger partial charge in [0.2, 0.25) is 0 Å². The Kier molecular flexibility index (Phi) is 40.1. The molecule has 744 valence electrons. The van der Waals surface area contributed by atoms with E-state index in [1.165, 1.54) is 0 Å². The van der Waals surface area contributed by atoms with Crippen LogP contribution in [0.15, 0.2) is 0 Å². The normalized spacial score (nSPS) is 50.7. The van der Waals surface area contributed by atoms with Crippen molar-refractivity contribution in [3.63, 3.8) is 0 Å². The standard InChI is InChI=1S/C24H46F2N6O11.C24H47FN6O11.C24H48N6O12/c25-21(26)12(31)9-2-1-6(28)22(38-9)41-18-8(30)3-7(29)14(34)20(18)43-24-17(37)19(11(5-33)40-24)42-23-13(32)16(36)15(35)10(4-27)39-23;25-4-10(30)11-2-1-7(27)22(37-11)40-19-9(29)3-8(28)15(33)21(19)42-24-18(36)20(13(6-32)39-24)41-23-14(31)17(35)16(34)12(5-26)38-23;25-4-10(32)11-2-1-7(27)22(37-11)40-19-9(29)3-8(28)15(33)21(19)42-24-18(36)20(13(6-31)39-24)41-23-14(30)17(35)16(34)12(5-26)38-23/h6-24,33-37H,1-5,27-32H2;7-24,32-36H,1-6,26-31H2;7-24,31-36H,1-6,25-30H2. The highest BCUT2D eigenvalue weighted by Gasteiger charge is 2.60. The maximum absolute atomic E-state index is 13.2. The van der Waals surface area contributed by atoms with Crippen molar-refractivity contribution >= 4 is 0 Å². The molecule has 0 spiro atoms. The zero-order valence-corrected chi connectivity index (χ0v) is 69.8. The van der Waals surface area contributed by atoms with Crippen LogP contribution in [-0.2, 0) is 85.3 Å². The first kappa shape index (κ1) is 107. The van der Waals surface area contributed by atoms with Crippen LogP contribution in [-0.4, -0.2) is 471 Å². The molecule has 0 aromatic heterocycles. The molecule has 12 aliphatic rings. The predicted octanol–water partition coefficient (Wildman–Crippen LogP) is -20.2. The fourth-order valence-electron chi connectivity index (χ4n) is 17.6. The Morgan fingerprint density at radius 3 is 0.819 bits per heavy atom. The van der Waals surface area contributed by atoms with Gasteiger partial charge in [0.25, 0.3) is 6.43 Å². The Hall–Kier alpha value is -2.29. The summed E-state index contributed by atoms with van der Waals surface area (Å²) in [5.74, 6) is 0. The van der Waals surface area contributed by atoms with Crippen LogP contribution in [0.4, 0.5) is 13.2 Å². The highest BCUT2D eigenvalue weighted by molar-refractivity contribution is 5.07. The first-order valence-corrected chi connectivity index (χ1v) is 42.8. The van der Waals surface area contributed by atoms with Crippen molar-refractivity contribution in [3.05, 3.63) is 0 Å². The van der Waals surface area contributed by atoms with Gasteiger partial charge in [-0.15, -0.1) is 0 Å². The second-order valence-electron chi connectivity index (χ2n) is 34.6. The molecule has 0 amide bonds. The maximum atomic E-state index is 13.2. The average molecular weight is 1860 g/mol. The number of aliphatic hydroxyl groups excluding tert-OH is 16. The van der Waals surface area contributed by atoms with Gasteiger partial charge >= 0.3 is 0 Å². The average Bonchev–Trinajstić information content (AvgIpc) is 1.72. The van der Waals surface area contributed by atoms with Gasteiger partial charge in [0, 0.05) is 62.4 Å². The molecule has 9 heterocycles. The lowest BCUT2D eigenvalue weighted by Crippen LogP contribution is -2.66. The minimum atomic E-state index is -2.84. The zero-order valence-electron chi connectivity index (χ0n) is 69.8. The van der Waals surface area contributed by atoms with Gasteiger partial charge in [-0.05, 0) is 57.8 Å². The minimum Gasteiger partial charge on any atom is -0.394 e. The van der Waals surface area contributed by atoms with E-state index < -0.39 is 363 Å². The molecule has 52 nitrogen and oxygen atoms in total. The van der Waals surface area contributed by atoms with Crippen LogP contribution in [0, 0.1) is 0 Å². The van der Waals surface area contributed by atoms with Gasteiger partial charge in [0.05, 0.1) is 111 Å². The molecule has 54 atom stereocenters. The maximum Gasteiger partial charge on any atom is 0.256 e. The first-order valence-electron chi connectivity index (χ1n) is 42.8. The number of hydrogen-bond acceptors (Lipinski definition) is 52. The van der Waals surface area contributed by atoms with E-state index in [2.05, 4.69) is 0 Å². The number of halogens is 3. The predicted molar refractivity (Wildman–Crippen MR) is 423 cm³/mol.